The molecule has 0 amide bonds. The predicted octanol–water partition coefficient (Wildman–Crippen LogP) is 13.6. The molecule has 0 spiro atoms. The minimum Gasteiger partial charge on any atom is -0.278 e. The van der Waals surface area contributed by atoms with Crippen LogP contribution in [0.2, 0.25) is 0 Å². The van der Waals surface area contributed by atoms with Crippen LogP contribution < -0.4 is 0 Å². The van der Waals surface area contributed by atoms with Crippen molar-refractivity contribution in [3.05, 3.63) is 205 Å². The predicted molar refractivity (Wildman–Crippen MR) is 239 cm³/mol. The maximum absolute atomic E-state index is 5.19. The van der Waals surface area contributed by atoms with Gasteiger partial charge >= 0.3 is 0 Å². The molecule has 0 fully saturated rings. The second-order valence-corrected chi connectivity index (χ2v) is 15.7. The van der Waals surface area contributed by atoms with Crippen LogP contribution in [-0.2, 0) is 5.41 Å². The Morgan fingerprint density at radius 1 is 0.345 bits per heavy atom. The van der Waals surface area contributed by atoms with Gasteiger partial charge < -0.3 is 0 Å². The van der Waals surface area contributed by atoms with Gasteiger partial charge in [0.1, 0.15) is 0 Å². The van der Waals surface area contributed by atoms with E-state index in [1.54, 1.807) is 0 Å². The summed E-state index contributed by atoms with van der Waals surface area (Å²) in [6.45, 7) is 4.72. The van der Waals surface area contributed by atoms with Crippen LogP contribution in [0, 0.1) is 0 Å². The van der Waals surface area contributed by atoms with E-state index in [1.165, 1.54) is 61.0 Å². The SMILES string of the molecule is CC1(C)c2cc(-c3cc(-c4ccccc4)cc(-c4ccccc4)c3)ccc2-c2cc3c4ccccc4n(-c4nc(-c5ccccc5)nc(-c5ccccc5)n4)c3cc21. The Labute approximate surface area is 337 Å². The molecule has 0 saturated heterocycles. The van der Waals surface area contributed by atoms with Crippen LogP contribution in [0.25, 0.3) is 95.0 Å². The van der Waals surface area contributed by atoms with Crippen molar-refractivity contribution in [1.29, 1.82) is 0 Å². The Bertz CT molecular complexity index is 3050. The molecule has 0 radical (unpaired) electrons. The van der Waals surface area contributed by atoms with Crippen molar-refractivity contribution < 1.29 is 0 Å². The molecule has 0 unspecified atom stereocenters. The van der Waals surface area contributed by atoms with E-state index in [4.69, 9.17) is 15.0 Å². The molecule has 2 aromatic heterocycles. The Morgan fingerprint density at radius 3 is 1.40 bits per heavy atom. The van der Waals surface area contributed by atoms with E-state index in [1.807, 2.05) is 36.4 Å². The van der Waals surface area contributed by atoms with E-state index >= 15 is 0 Å². The lowest BCUT2D eigenvalue weighted by Gasteiger charge is -2.22. The van der Waals surface area contributed by atoms with Crippen LogP contribution in [0.1, 0.15) is 25.0 Å². The number of para-hydroxylation sites is 1. The van der Waals surface area contributed by atoms with Gasteiger partial charge in [-0.2, -0.15) is 9.97 Å². The highest BCUT2D eigenvalue weighted by Gasteiger charge is 2.37. The number of nitrogens with zero attached hydrogens (tertiary/aromatic N) is 4. The first-order chi connectivity index (χ1) is 28.5. The third-order valence-electron chi connectivity index (χ3n) is 11.8. The monoisotopic (exact) mass is 742 g/mol. The number of rotatable bonds is 6. The van der Waals surface area contributed by atoms with Crippen LogP contribution in [-0.4, -0.2) is 19.5 Å². The summed E-state index contributed by atoms with van der Waals surface area (Å²) in [6, 6.07) is 69.2. The molecule has 58 heavy (non-hydrogen) atoms. The lowest BCUT2D eigenvalue weighted by molar-refractivity contribution is 0.661. The fourth-order valence-corrected chi connectivity index (χ4v) is 8.88. The summed E-state index contributed by atoms with van der Waals surface area (Å²) in [4.78, 5) is 15.4. The van der Waals surface area contributed by atoms with Crippen molar-refractivity contribution in [2.45, 2.75) is 19.3 Å². The zero-order valence-electron chi connectivity index (χ0n) is 32.3. The zero-order chi connectivity index (χ0) is 38.8. The topological polar surface area (TPSA) is 43.6 Å². The van der Waals surface area contributed by atoms with Crippen LogP contribution in [0.3, 0.4) is 0 Å². The maximum atomic E-state index is 5.19. The number of fused-ring (bicyclic) bond motifs is 6. The highest BCUT2D eigenvalue weighted by molar-refractivity contribution is 6.11. The molecule has 0 atom stereocenters. The summed E-state index contributed by atoms with van der Waals surface area (Å²) in [5.74, 6) is 1.88. The molecule has 274 valence electrons. The molecule has 0 aliphatic heterocycles. The lowest BCUT2D eigenvalue weighted by Crippen LogP contribution is -2.15. The summed E-state index contributed by atoms with van der Waals surface area (Å²) in [5, 5.41) is 2.34. The van der Waals surface area contributed by atoms with E-state index < -0.39 is 0 Å². The van der Waals surface area contributed by atoms with Gasteiger partial charge in [-0.05, 0) is 98.1 Å². The summed E-state index contributed by atoms with van der Waals surface area (Å²) in [6.07, 6.45) is 0. The zero-order valence-corrected chi connectivity index (χ0v) is 32.3. The largest absolute Gasteiger partial charge is 0.278 e. The molecule has 2 heterocycles. The quantitative estimate of drug-likeness (QED) is 0.170. The molecular formula is C54H38N4. The average molecular weight is 743 g/mol. The first-order valence-corrected chi connectivity index (χ1v) is 19.9. The average Bonchev–Trinajstić information content (AvgIpc) is 3.73. The molecule has 0 saturated carbocycles. The third kappa shape index (κ3) is 5.56. The minimum absolute atomic E-state index is 0.265. The van der Waals surface area contributed by atoms with Gasteiger partial charge in [0.15, 0.2) is 11.6 Å². The van der Waals surface area contributed by atoms with Crippen molar-refractivity contribution in [1.82, 2.24) is 19.5 Å². The van der Waals surface area contributed by atoms with Crippen LogP contribution in [0.5, 0.6) is 0 Å². The molecule has 10 aromatic rings. The second-order valence-electron chi connectivity index (χ2n) is 15.7. The van der Waals surface area contributed by atoms with E-state index in [0.29, 0.717) is 17.6 Å². The number of hydrogen-bond acceptors (Lipinski definition) is 3. The molecule has 11 rings (SSSR count). The molecular weight excluding hydrogens is 705 g/mol. The molecule has 0 N–H and O–H groups in total. The van der Waals surface area contributed by atoms with Gasteiger partial charge in [-0.3, -0.25) is 4.57 Å². The third-order valence-corrected chi connectivity index (χ3v) is 11.8. The Balaban J connectivity index is 1.09. The van der Waals surface area contributed by atoms with Gasteiger partial charge in [0, 0.05) is 27.3 Å². The van der Waals surface area contributed by atoms with Crippen molar-refractivity contribution in [2.24, 2.45) is 0 Å². The van der Waals surface area contributed by atoms with Gasteiger partial charge in [-0.1, -0.05) is 166 Å². The van der Waals surface area contributed by atoms with E-state index in [2.05, 4.69) is 176 Å². The highest BCUT2D eigenvalue weighted by Crippen LogP contribution is 2.52. The molecule has 8 aromatic carbocycles. The Morgan fingerprint density at radius 2 is 0.828 bits per heavy atom. The molecule has 0 bridgehead atoms. The molecule has 1 aliphatic carbocycles. The Hall–Kier alpha value is -7.43. The minimum atomic E-state index is -0.265. The van der Waals surface area contributed by atoms with Gasteiger partial charge in [-0.25, -0.2) is 4.98 Å². The maximum Gasteiger partial charge on any atom is 0.238 e. The number of aromatic nitrogens is 4. The second kappa shape index (κ2) is 13.4. The summed E-state index contributed by atoms with van der Waals surface area (Å²) in [7, 11) is 0. The first-order valence-electron chi connectivity index (χ1n) is 19.9. The normalized spacial score (nSPS) is 12.8. The highest BCUT2D eigenvalue weighted by atomic mass is 15.2. The molecule has 4 nitrogen and oxygen atoms in total. The molecule has 4 heteroatoms. The van der Waals surface area contributed by atoms with Crippen molar-refractivity contribution in [2.75, 3.05) is 0 Å². The number of hydrogen-bond donors (Lipinski definition) is 0. The fourth-order valence-electron chi connectivity index (χ4n) is 8.88. The van der Waals surface area contributed by atoms with Gasteiger partial charge in [0.2, 0.25) is 5.95 Å². The van der Waals surface area contributed by atoms with E-state index in [-0.39, 0.29) is 5.41 Å². The Kier molecular flexibility index (Phi) is 7.80. The van der Waals surface area contributed by atoms with Crippen molar-refractivity contribution in [3.63, 3.8) is 0 Å². The summed E-state index contributed by atoms with van der Waals surface area (Å²) < 4.78 is 2.23. The first kappa shape index (κ1) is 33.9. The van der Waals surface area contributed by atoms with Crippen molar-refractivity contribution in [3.8, 4) is 73.2 Å². The van der Waals surface area contributed by atoms with Gasteiger partial charge in [-0.15, -0.1) is 0 Å². The van der Waals surface area contributed by atoms with Crippen molar-refractivity contribution >= 4 is 21.8 Å². The molecule has 1 aliphatic rings. The smallest absolute Gasteiger partial charge is 0.238 e. The standard InChI is InChI=1S/C54H38N4/c1-54(2)47-32-39(42-30-40(35-17-7-3-8-18-35)29-41(31-42)36-19-9-4-10-20-36)27-28-43(47)45-33-46-44-25-15-16-26-49(44)58(50(46)34-48(45)54)53-56-51(37-21-11-5-12-22-37)55-52(57-53)38-23-13-6-14-24-38/h3-34H,1-2H3. The van der Waals surface area contributed by atoms with Gasteiger partial charge in [0.05, 0.1) is 11.0 Å². The van der Waals surface area contributed by atoms with Crippen LogP contribution in [0.15, 0.2) is 194 Å². The van der Waals surface area contributed by atoms with Crippen LogP contribution in [0.4, 0.5) is 0 Å². The van der Waals surface area contributed by atoms with E-state index in [0.717, 1.165) is 27.5 Å². The summed E-state index contributed by atoms with van der Waals surface area (Å²) >= 11 is 0. The lowest BCUT2D eigenvalue weighted by atomic mass is 9.81. The van der Waals surface area contributed by atoms with Gasteiger partial charge in [0.25, 0.3) is 0 Å². The summed E-state index contributed by atoms with van der Waals surface area (Å²) in [5.41, 5.74) is 16.2. The van der Waals surface area contributed by atoms with Crippen LogP contribution >= 0.6 is 0 Å². The fraction of sp³-hybridized carbons (Fsp3) is 0.0556. The number of benzene rings is 8. The van der Waals surface area contributed by atoms with E-state index in [9.17, 15) is 0 Å².